The fraction of sp³-hybridized carbons (Fsp3) is 0.562. The van der Waals surface area contributed by atoms with E-state index in [9.17, 15) is 9.90 Å². The molecule has 4 N–H and O–H groups in total. The van der Waals surface area contributed by atoms with Gasteiger partial charge in [0.25, 0.3) is 0 Å². The Morgan fingerprint density at radius 3 is 2.75 bits per heavy atom. The van der Waals surface area contributed by atoms with Gasteiger partial charge >= 0.3 is 0 Å². The number of nitrogens with one attached hydrogen (secondary N) is 1. The summed E-state index contributed by atoms with van der Waals surface area (Å²) in [7, 11) is 0. The first-order valence-electron chi connectivity index (χ1n) is 7.38. The van der Waals surface area contributed by atoms with E-state index in [1.807, 2.05) is 0 Å². The second-order valence-corrected chi connectivity index (χ2v) is 5.95. The number of amides is 1. The second kappa shape index (κ2) is 6.75. The highest BCUT2D eigenvalue weighted by Crippen LogP contribution is 2.23. The van der Waals surface area contributed by atoms with Gasteiger partial charge in [-0.15, -0.1) is 0 Å². The van der Waals surface area contributed by atoms with Crippen molar-refractivity contribution in [3.8, 4) is 5.75 Å². The van der Waals surface area contributed by atoms with Crippen LogP contribution < -0.4 is 11.1 Å². The minimum Gasteiger partial charge on any atom is -0.508 e. The molecule has 0 bridgehead atoms. The van der Waals surface area contributed by atoms with Crippen molar-refractivity contribution in [3.05, 3.63) is 29.8 Å². The largest absolute Gasteiger partial charge is 0.508 e. The Morgan fingerprint density at radius 1 is 1.40 bits per heavy atom. The molecule has 1 fully saturated rings. The average Bonchev–Trinajstić information content (AvgIpc) is 2.41. The van der Waals surface area contributed by atoms with Crippen molar-refractivity contribution < 1.29 is 9.90 Å². The molecule has 1 saturated carbocycles. The van der Waals surface area contributed by atoms with Gasteiger partial charge in [0.1, 0.15) is 5.75 Å². The number of phenols is 1. The maximum atomic E-state index is 12.1. The molecule has 0 heterocycles. The number of benzene rings is 1. The Morgan fingerprint density at radius 2 is 2.10 bits per heavy atom. The lowest BCUT2D eigenvalue weighted by Crippen LogP contribution is -2.47. The second-order valence-electron chi connectivity index (χ2n) is 5.95. The van der Waals surface area contributed by atoms with Crippen molar-refractivity contribution in [1.29, 1.82) is 0 Å². The van der Waals surface area contributed by atoms with Crippen LogP contribution in [0.2, 0.25) is 0 Å². The van der Waals surface area contributed by atoms with Crippen molar-refractivity contribution in [1.82, 2.24) is 5.32 Å². The van der Waals surface area contributed by atoms with Crippen molar-refractivity contribution in [3.63, 3.8) is 0 Å². The van der Waals surface area contributed by atoms with Gasteiger partial charge in [0.15, 0.2) is 0 Å². The van der Waals surface area contributed by atoms with Crippen LogP contribution in [0.1, 0.15) is 38.2 Å². The van der Waals surface area contributed by atoms with Gasteiger partial charge in [0.2, 0.25) is 5.91 Å². The van der Waals surface area contributed by atoms with Crippen LogP contribution in [0.15, 0.2) is 24.3 Å². The Bertz CT molecular complexity index is 444. The van der Waals surface area contributed by atoms with Crippen molar-refractivity contribution in [2.24, 2.45) is 11.7 Å². The summed E-state index contributed by atoms with van der Waals surface area (Å²) in [5.74, 6) is 0.836. The Labute approximate surface area is 120 Å². The van der Waals surface area contributed by atoms with Crippen LogP contribution in [0, 0.1) is 5.92 Å². The van der Waals surface area contributed by atoms with Crippen LogP contribution in [-0.2, 0) is 11.2 Å². The molecule has 0 spiro atoms. The van der Waals surface area contributed by atoms with Gasteiger partial charge < -0.3 is 16.2 Å². The van der Waals surface area contributed by atoms with Crippen molar-refractivity contribution >= 4 is 5.91 Å². The third-order valence-electron chi connectivity index (χ3n) is 4.01. The van der Waals surface area contributed by atoms with Gasteiger partial charge in [-0.25, -0.2) is 0 Å². The van der Waals surface area contributed by atoms with E-state index in [4.69, 9.17) is 5.73 Å². The average molecular weight is 276 g/mol. The molecular formula is C16H24N2O2. The van der Waals surface area contributed by atoms with Gasteiger partial charge in [-0.2, -0.15) is 0 Å². The molecule has 3 atom stereocenters. The van der Waals surface area contributed by atoms with Gasteiger partial charge in [0, 0.05) is 6.04 Å². The topological polar surface area (TPSA) is 75.4 Å². The van der Waals surface area contributed by atoms with Crippen molar-refractivity contribution in [2.75, 3.05) is 0 Å². The fourth-order valence-electron chi connectivity index (χ4n) is 2.85. The highest BCUT2D eigenvalue weighted by atomic mass is 16.3. The molecule has 0 radical (unpaired) electrons. The summed E-state index contributed by atoms with van der Waals surface area (Å²) >= 11 is 0. The standard InChI is InChI=1S/C16H24N2O2/c1-11-3-2-4-13(9-11)18-16(20)15(17)10-12-5-7-14(19)8-6-12/h5-8,11,13,15,19H,2-4,9-10,17H2,1H3,(H,18,20). The van der Waals surface area contributed by atoms with Gasteiger partial charge in [-0.05, 0) is 42.9 Å². The Hall–Kier alpha value is -1.55. The molecule has 0 aromatic heterocycles. The molecule has 1 aromatic carbocycles. The Kier molecular flexibility index (Phi) is 5.01. The minimum absolute atomic E-state index is 0.0721. The van der Waals surface area contributed by atoms with Crippen LogP contribution in [0.3, 0.4) is 0 Å². The number of hydrogen-bond donors (Lipinski definition) is 3. The van der Waals surface area contributed by atoms with E-state index in [1.165, 1.54) is 12.8 Å². The molecule has 0 aliphatic heterocycles. The third kappa shape index (κ3) is 4.23. The van der Waals surface area contributed by atoms with Crippen LogP contribution >= 0.6 is 0 Å². The zero-order chi connectivity index (χ0) is 14.5. The first kappa shape index (κ1) is 14.9. The molecular weight excluding hydrogens is 252 g/mol. The lowest BCUT2D eigenvalue weighted by molar-refractivity contribution is -0.123. The quantitative estimate of drug-likeness (QED) is 0.787. The zero-order valence-electron chi connectivity index (χ0n) is 12.0. The van der Waals surface area contributed by atoms with Gasteiger partial charge in [-0.3, -0.25) is 4.79 Å². The first-order valence-corrected chi connectivity index (χ1v) is 7.38. The number of rotatable bonds is 4. The fourth-order valence-corrected chi connectivity index (χ4v) is 2.85. The summed E-state index contributed by atoms with van der Waals surface area (Å²) in [6.45, 7) is 2.23. The molecule has 4 heteroatoms. The maximum absolute atomic E-state index is 12.1. The number of phenolic OH excluding ortho intramolecular Hbond substituents is 1. The zero-order valence-corrected chi connectivity index (χ0v) is 12.0. The molecule has 110 valence electrons. The predicted molar refractivity (Wildman–Crippen MR) is 79.3 cm³/mol. The number of hydrogen-bond acceptors (Lipinski definition) is 3. The number of nitrogens with two attached hydrogens (primary N) is 1. The monoisotopic (exact) mass is 276 g/mol. The van der Waals surface area contributed by atoms with E-state index in [0.717, 1.165) is 18.4 Å². The molecule has 3 unspecified atom stereocenters. The summed E-state index contributed by atoms with van der Waals surface area (Å²) in [5.41, 5.74) is 6.93. The summed E-state index contributed by atoms with van der Waals surface area (Å²) in [6.07, 6.45) is 5.04. The lowest BCUT2D eigenvalue weighted by Gasteiger charge is -2.28. The van der Waals surface area contributed by atoms with Crippen LogP contribution in [0.25, 0.3) is 0 Å². The summed E-state index contributed by atoms with van der Waals surface area (Å²) in [6, 6.07) is 6.57. The van der Waals surface area contributed by atoms with Crippen molar-refractivity contribution in [2.45, 2.75) is 51.1 Å². The van der Waals surface area contributed by atoms with Crippen LogP contribution in [-0.4, -0.2) is 23.1 Å². The SMILES string of the molecule is CC1CCCC(NC(=O)C(N)Cc2ccc(O)cc2)C1. The number of carbonyl (C=O) groups excluding carboxylic acids is 1. The highest BCUT2D eigenvalue weighted by Gasteiger charge is 2.22. The van der Waals surface area contributed by atoms with E-state index >= 15 is 0 Å². The van der Waals surface area contributed by atoms with Gasteiger partial charge in [-0.1, -0.05) is 31.9 Å². The van der Waals surface area contributed by atoms with Gasteiger partial charge in [0.05, 0.1) is 6.04 Å². The Balaban J connectivity index is 1.83. The van der Waals surface area contributed by atoms with E-state index < -0.39 is 6.04 Å². The number of aromatic hydroxyl groups is 1. The lowest BCUT2D eigenvalue weighted by atomic mass is 9.87. The predicted octanol–water partition coefficient (Wildman–Crippen LogP) is 1.96. The molecule has 20 heavy (non-hydrogen) atoms. The molecule has 1 aliphatic rings. The van der Waals surface area contributed by atoms with E-state index in [2.05, 4.69) is 12.2 Å². The van der Waals surface area contributed by atoms with E-state index in [-0.39, 0.29) is 17.7 Å². The molecule has 2 rings (SSSR count). The molecule has 4 nitrogen and oxygen atoms in total. The molecule has 1 aromatic rings. The normalized spacial score (nSPS) is 24.1. The molecule has 0 saturated heterocycles. The number of carbonyl (C=O) groups is 1. The third-order valence-corrected chi connectivity index (χ3v) is 4.01. The molecule has 1 aliphatic carbocycles. The highest BCUT2D eigenvalue weighted by molar-refractivity contribution is 5.82. The summed E-state index contributed by atoms with van der Waals surface area (Å²) in [5, 5.41) is 12.3. The van der Waals surface area contributed by atoms with Crippen LogP contribution in [0.5, 0.6) is 5.75 Å². The summed E-state index contributed by atoms with van der Waals surface area (Å²) in [4.78, 5) is 12.1. The minimum atomic E-state index is -0.531. The first-order chi connectivity index (χ1) is 9.54. The maximum Gasteiger partial charge on any atom is 0.237 e. The van der Waals surface area contributed by atoms with Crippen LogP contribution in [0.4, 0.5) is 0 Å². The van der Waals surface area contributed by atoms with E-state index in [0.29, 0.717) is 12.3 Å². The smallest absolute Gasteiger partial charge is 0.237 e. The van der Waals surface area contributed by atoms with E-state index in [1.54, 1.807) is 24.3 Å². The molecule has 1 amide bonds. The summed E-state index contributed by atoms with van der Waals surface area (Å²) < 4.78 is 0.